The van der Waals surface area contributed by atoms with Gasteiger partial charge in [0, 0.05) is 11.8 Å². The Bertz CT molecular complexity index is 975. The fourth-order valence-electron chi connectivity index (χ4n) is 3.03. The molecule has 1 aromatic heterocycles. The molecule has 7 N–H and O–H groups in total. The van der Waals surface area contributed by atoms with E-state index in [1.165, 1.54) is 0 Å². The van der Waals surface area contributed by atoms with Crippen LogP contribution in [-0.2, 0) is 22.7 Å². The van der Waals surface area contributed by atoms with Crippen LogP contribution in [0.4, 0.5) is 5.82 Å². The van der Waals surface area contributed by atoms with Crippen LogP contribution in [-0.4, -0.2) is 91.7 Å². The highest BCUT2D eigenvalue weighted by atomic mass is 31.3. The molecule has 1 aliphatic heterocycles. The van der Waals surface area contributed by atoms with Crippen molar-refractivity contribution in [3.63, 3.8) is 0 Å². The zero-order chi connectivity index (χ0) is 24.6. The number of quaternary nitrogens is 1. The van der Waals surface area contributed by atoms with E-state index in [9.17, 15) is 34.1 Å². The number of aliphatic hydroxyl groups is 3. The molecule has 6 atom stereocenters. The Hall–Kier alpha value is -1.26. The number of phosphoric ester groups is 1. The summed E-state index contributed by atoms with van der Waals surface area (Å²) in [6.45, 7) is -0.818. The van der Waals surface area contributed by atoms with Gasteiger partial charge in [0.2, 0.25) is 0 Å². The van der Waals surface area contributed by atoms with Crippen LogP contribution in [0.1, 0.15) is 17.9 Å². The van der Waals surface area contributed by atoms with Gasteiger partial charge in [-0.25, -0.2) is 13.7 Å². The van der Waals surface area contributed by atoms with Crippen molar-refractivity contribution >= 4 is 21.5 Å². The van der Waals surface area contributed by atoms with E-state index in [0.717, 1.165) is 10.8 Å². The van der Waals surface area contributed by atoms with E-state index >= 15 is 0 Å². The number of aromatic nitrogens is 2. The number of phosphoric acid groups is 2. The first-order chi connectivity index (χ1) is 14.4. The highest BCUT2D eigenvalue weighted by molar-refractivity contribution is 7.60. The Morgan fingerprint density at radius 3 is 2.38 bits per heavy atom. The molecule has 2 rings (SSSR count). The molecule has 1 fully saturated rings. The number of rotatable bonds is 9. The first kappa shape index (κ1) is 27.0. The molecule has 184 valence electrons. The quantitative estimate of drug-likeness (QED) is 0.143. The van der Waals surface area contributed by atoms with Gasteiger partial charge in [0.05, 0.1) is 27.7 Å². The zero-order valence-corrected chi connectivity index (χ0v) is 19.1. The summed E-state index contributed by atoms with van der Waals surface area (Å²) in [5, 5.41) is 29.4. The summed E-state index contributed by atoms with van der Waals surface area (Å²) in [7, 11) is -6.13. The monoisotopic (exact) mass is 504 g/mol. The van der Waals surface area contributed by atoms with Crippen molar-refractivity contribution in [1.29, 1.82) is 0 Å². The van der Waals surface area contributed by atoms with Crippen LogP contribution < -0.4 is 16.3 Å². The summed E-state index contributed by atoms with van der Waals surface area (Å²) in [4.78, 5) is 45.6. The number of ether oxygens (including phenoxy) is 1. The highest BCUT2D eigenvalue weighted by Gasteiger charge is 2.44. The maximum absolute atomic E-state index is 12.4. The van der Waals surface area contributed by atoms with Crippen molar-refractivity contribution in [2.45, 2.75) is 30.6 Å². The molecule has 18 heteroatoms. The Labute approximate surface area is 181 Å². The van der Waals surface area contributed by atoms with Crippen molar-refractivity contribution in [2.24, 2.45) is 0 Å². The van der Waals surface area contributed by atoms with Crippen molar-refractivity contribution in [2.75, 3.05) is 40.0 Å². The third-order valence-electron chi connectivity index (χ3n) is 4.33. The lowest BCUT2D eigenvalue weighted by molar-refractivity contribution is -0.874. The number of nitrogen functional groups attached to an aromatic ring is 1. The van der Waals surface area contributed by atoms with E-state index in [2.05, 4.69) is 9.29 Å². The number of likely N-dealkylation sites (N-methyl/N-ethyl adjacent to an activating group) is 1. The average Bonchev–Trinajstić information content (AvgIpc) is 2.85. The van der Waals surface area contributed by atoms with E-state index in [0.29, 0.717) is 0 Å². The first-order valence-corrected chi connectivity index (χ1v) is 12.0. The van der Waals surface area contributed by atoms with Crippen molar-refractivity contribution in [3.8, 4) is 0 Å². The molecule has 2 unspecified atom stereocenters. The molecule has 0 aromatic carbocycles. The third kappa shape index (κ3) is 6.87. The van der Waals surface area contributed by atoms with Crippen LogP contribution >= 0.6 is 15.6 Å². The molecule has 0 spiro atoms. The van der Waals surface area contributed by atoms with E-state index in [-0.39, 0.29) is 16.6 Å². The fraction of sp³-hybridized carbons (Fsp3) is 0.714. The minimum absolute atomic E-state index is 0.0625. The molecule has 1 aliphatic rings. The van der Waals surface area contributed by atoms with Crippen LogP contribution in [0.3, 0.4) is 0 Å². The predicted molar refractivity (Wildman–Crippen MR) is 103 cm³/mol. The van der Waals surface area contributed by atoms with E-state index < -0.39 is 64.4 Å². The van der Waals surface area contributed by atoms with Gasteiger partial charge in [0.1, 0.15) is 36.8 Å². The van der Waals surface area contributed by atoms with Gasteiger partial charge in [0.25, 0.3) is 7.82 Å². The largest absolute Gasteiger partial charge is 0.756 e. The van der Waals surface area contributed by atoms with Gasteiger partial charge in [-0.3, -0.25) is 9.13 Å². The number of aliphatic hydroxyl groups excluding tert-OH is 3. The van der Waals surface area contributed by atoms with Gasteiger partial charge in [-0.15, -0.1) is 0 Å². The molecule has 0 bridgehead atoms. The van der Waals surface area contributed by atoms with Crippen LogP contribution in [0.5, 0.6) is 0 Å². The number of nitrogens with two attached hydrogens (primary N) is 1. The number of nitrogens with zero attached hydrogens (tertiary/aromatic N) is 3. The molecular formula is C14H26N4O12P2. The topological polar surface area (TPSA) is 247 Å². The summed E-state index contributed by atoms with van der Waals surface area (Å²) in [6, 6.07) is 0. The second-order valence-electron chi connectivity index (χ2n) is 8.09. The van der Waals surface area contributed by atoms with Gasteiger partial charge >= 0.3 is 13.5 Å². The molecular weight excluding hydrogens is 478 g/mol. The summed E-state index contributed by atoms with van der Waals surface area (Å²) in [6.07, 6.45) is -6.46. The average molecular weight is 504 g/mol. The predicted octanol–water partition coefficient (Wildman–Crippen LogP) is -3.22. The zero-order valence-electron chi connectivity index (χ0n) is 17.3. The molecule has 1 saturated heterocycles. The minimum atomic E-state index is -5.58. The molecule has 0 amide bonds. The van der Waals surface area contributed by atoms with E-state index in [1.54, 1.807) is 21.1 Å². The van der Waals surface area contributed by atoms with Gasteiger partial charge in [-0.05, 0) is 0 Å². The van der Waals surface area contributed by atoms with Crippen LogP contribution in [0.15, 0.2) is 11.0 Å². The SMILES string of the molecule is C[N+](C)(C)CC(OP(=O)([O-])OP(=O)(O)O)c1cn([C@@H]2O[C@H](CO)[C@@H](O)[C@H]2O)c(=O)nc1N. The van der Waals surface area contributed by atoms with Gasteiger partial charge in [0.15, 0.2) is 6.23 Å². The summed E-state index contributed by atoms with van der Waals surface area (Å²) in [5.41, 5.74) is 4.55. The second kappa shape index (κ2) is 9.54. The van der Waals surface area contributed by atoms with Gasteiger partial charge < -0.3 is 49.5 Å². The summed E-state index contributed by atoms with van der Waals surface area (Å²) in [5.74, 6) is -0.465. The normalized spacial score (nSPS) is 27.3. The summed E-state index contributed by atoms with van der Waals surface area (Å²) < 4.78 is 37.6. The first-order valence-electron chi connectivity index (χ1n) is 9.02. The van der Waals surface area contributed by atoms with Crippen molar-refractivity contribution < 1.29 is 57.2 Å². The molecule has 0 saturated carbocycles. The molecule has 32 heavy (non-hydrogen) atoms. The Kier molecular flexibility index (Phi) is 8.05. The number of hydrogen-bond acceptors (Lipinski definition) is 12. The second-order valence-corrected chi connectivity index (χ2v) is 10.8. The highest BCUT2D eigenvalue weighted by Crippen LogP contribution is 2.57. The third-order valence-corrected chi connectivity index (χ3v) is 6.49. The standard InChI is InChI=1S/C14H26N4O12P2/c1-18(2,3)5-8(29-32(26,27)30-31(23,24)25)7-4-17(14(22)16-12(7)15)13-11(21)10(20)9(6-19)28-13/h4,8-11,13,19-21H,5-6H2,1-3H3,(H4-,15,16,22,23,24,25,26,27)/t8?,9-,10-,11-,13-/m1/s1. The number of anilines is 1. The van der Waals surface area contributed by atoms with Crippen LogP contribution in [0.25, 0.3) is 0 Å². The minimum Gasteiger partial charge on any atom is -0.756 e. The Balaban J connectivity index is 2.52. The van der Waals surface area contributed by atoms with Crippen LogP contribution in [0.2, 0.25) is 0 Å². The van der Waals surface area contributed by atoms with Crippen LogP contribution in [0, 0.1) is 0 Å². The number of hydrogen-bond donors (Lipinski definition) is 6. The van der Waals surface area contributed by atoms with Gasteiger partial charge in [-0.1, -0.05) is 0 Å². The molecule has 0 radical (unpaired) electrons. The lowest BCUT2D eigenvalue weighted by Gasteiger charge is -2.33. The van der Waals surface area contributed by atoms with E-state index in [1.807, 2.05) is 0 Å². The smallest absolute Gasteiger partial charge is 0.476 e. The lowest BCUT2D eigenvalue weighted by atomic mass is 10.1. The maximum atomic E-state index is 12.4. The maximum Gasteiger partial charge on any atom is 0.476 e. The fourth-order valence-corrected chi connectivity index (χ4v) is 4.72. The summed E-state index contributed by atoms with van der Waals surface area (Å²) >= 11 is 0. The molecule has 0 aliphatic carbocycles. The van der Waals surface area contributed by atoms with E-state index in [4.69, 9.17) is 24.8 Å². The van der Waals surface area contributed by atoms with Crippen molar-refractivity contribution in [3.05, 3.63) is 22.2 Å². The Morgan fingerprint density at radius 2 is 1.91 bits per heavy atom. The molecule has 1 aromatic rings. The molecule has 2 heterocycles. The molecule has 16 nitrogen and oxygen atoms in total. The Morgan fingerprint density at radius 1 is 1.31 bits per heavy atom. The lowest BCUT2D eigenvalue weighted by Crippen LogP contribution is -2.40. The van der Waals surface area contributed by atoms with Crippen molar-refractivity contribution in [1.82, 2.24) is 9.55 Å². The van der Waals surface area contributed by atoms with Gasteiger partial charge in [-0.2, -0.15) is 4.98 Å².